The van der Waals surface area contributed by atoms with E-state index >= 15 is 0 Å². The van der Waals surface area contributed by atoms with E-state index in [1.807, 2.05) is 19.1 Å². The van der Waals surface area contributed by atoms with Gasteiger partial charge in [0.25, 0.3) is 0 Å². The van der Waals surface area contributed by atoms with Crippen LogP contribution in [0.2, 0.25) is 5.02 Å². The molecule has 2 N–H and O–H groups in total. The van der Waals surface area contributed by atoms with Crippen molar-refractivity contribution in [2.45, 2.75) is 32.4 Å². The first-order chi connectivity index (χ1) is 8.69. The zero-order valence-corrected chi connectivity index (χ0v) is 12.8. The van der Waals surface area contributed by atoms with Crippen molar-refractivity contribution < 1.29 is 4.74 Å². The number of piperidine rings is 1. The highest BCUT2D eigenvalue weighted by molar-refractivity contribution is 6.32. The molecular formula is C14H22Cl2N2O. The number of hydrogen-bond acceptors (Lipinski definition) is 3. The molecule has 0 amide bonds. The van der Waals surface area contributed by atoms with Crippen molar-refractivity contribution in [1.82, 2.24) is 4.90 Å². The number of nitrogens with zero attached hydrogens (tertiary/aromatic N) is 1. The Morgan fingerprint density at radius 3 is 2.63 bits per heavy atom. The van der Waals surface area contributed by atoms with E-state index in [1.54, 1.807) is 0 Å². The van der Waals surface area contributed by atoms with E-state index in [9.17, 15) is 0 Å². The van der Waals surface area contributed by atoms with E-state index in [1.165, 1.54) is 5.56 Å². The molecule has 0 bridgehead atoms. The summed E-state index contributed by atoms with van der Waals surface area (Å²) in [7, 11) is 0. The number of benzene rings is 1. The van der Waals surface area contributed by atoms with Gasteiger partial charge in [-0.2, -0.15) is 0 Å². The normalized spacial score (nSPS) is 17.0. The maximum Gasteiger partial charge on any atom is 0.137 e. The van der Waals surface area contributed by atoms with Crippen molar-refractivity contribution in [3.63, 3.8) is 0 Å². The van der Waals surface area contributed by atoms with Crippen LogP contribution in [0.3, 0.4) is 0 Å². The van der Waals surface area contributed by atoms with Crippen molar-refractivity contribution in [2.75, 3.05) is 19.7 Å². The zero-order valence-electron chi connectivity index (χ0n) is 11.3. The lowest BCUT2D eigenvalue weighted by Crippen LogP contribution is -2.39. The molecule has 0 spiro atoms. The molecule has 5 heteroatoms. The lowest BCUT2D eigenvalue weighted by Gasteiger charge is -2.30. The molecule has 1 aromatic rings. The average Bonchev–Trinajstić information content (AvgIpc) is 2.36. The Morgan fingerprint density at radius 1 is 1.37 bits per heavy atom. The lowest BCUT2D eigenvalue weighted by molar-refractivity contribution is 0.205. The molecule has 1 aliphatic rings. The molecule has 0 atom stereocenters. The first kappa shape index (κ1) is 16.6. The Morgan fingerprint density at radius 2 is 2.05 bits per heavy atom. The maximum atomic E-state index is 6.19. The minimum Gasteiger partial charge on any atom is -0.492 e. The van der Waals surface area contributed by atoms with E-state index < -0.39 is 0 Å². The predicted molar refractivity (Wildman–Crippen MR) is 82.4 cm³/mol. The quantitative estimate of drug-likeness (QED) is 0.929. The van der Waals surface area contributed by atoms with E-state index in [0.29, 0.717) is 17.7 Å². The van der Waals surface area contributed by atoms with Crippen LogP contribution in [-0.4, -0.2) is 30.6 Å². The highest BCUT2D eigenvalue weighted by Gasteiger charge is 2.16. The van der Waals surface area contributed by atoms with Crippen molar-refractivity contribution in [3.05, 3.63) is 28.8 Å². The summed E-state index contributed by atoms with van der Waals surface area (Å²) in [6, 6.07) is 6.42. The summed E-state index contributed by atoms with van der Waals surface area (Å²) >= 11 is 6.19. The summed E-state index contributed by atoms with van der Waals surface area (Å²) in [5.41, 5.74) is 7.14. The summed E-state index contributed by atoms with van der Waals surface area (Å²) in [5, 5.41) is 0.697. The van der Waals surface area contributed by atoms with Crippen LogP contribution in [0.25, 0.3) is 0 Å². The van der Waals surface area contributed by atoms with E-state index in [2.05, 4.69) is 11.0 Å². The molecule has 0 saturated carbocycles. The highest BCUT2D eigenvalue weighted by Crippen LogP contribution is 2.26. The fourth-order valence-electron chi connectivity index (χ4n) is 2.28. The van der Waals surface area contributed by atoms with Crippen LogP contribution in [0.1, 0.15) is 25.3 Å². The van der Waals surface area contributed by atoms with Crippen LogP contribution < -0.4 is 10.5 Å². The first-order valence-electron chi connectivity index (χ1n) is 6.58. The molecule has 3 nitrogen and oxygen atoms in total. The lowest BCUT2D eigenvalue weighted by atomic mass is 10.1. The minimum absolute atomic E-state index is 0. The Balaban J connectivity index is 0.00000180. The van der Waals surface area contributed by atoms with Crippen molar-refractivity contribution >= 4 is 24.0 Å². The largest absolute Gasteiger partial charge is 0.492 e. The zero-order chi connectivity index (χ0) is 13.0. The van der Waals surface area contributed by atoms with Gasteiger partial charge in [0.1, 0.15) is 5.75 Å². The number of hydrogen-bond donors (Lipinski definition) is 1. The number of ether oxygens (including phenoxy) is 1. The van der Waals surface area contributed by atoms with Crippen LogP contribution in [0.5, 0.6) is 5.75 Å². The first-order valence-corrected chi connectivity index (χ1v) is 6.96. The van der Waals surface area contributed by atoms with E-state index in [0.717, 1.165) is 38.2 Å². The number of nitrogens with two attached hydrogens (primary N) is 1. The smallest absolute Gasteiger partial charge is 0.137 e. The second-order valence-corrected chi connectivity index (χ2v) is 5.22. The molecular weight excluding hydrogens is 283 g/mol. The van der Waals surface area contributed by atoms with Gasteiger partial charge in [-0.25, -0.2) is 0 Å². The highest BCUT2D eigenvalue weighted by atomic mass is 35.5. The third-order valence-corrected chi connectivity index (χ3v) is 3.63. The van der Waals surface area contributed by atoms with Crippen molar-refractivity contribution in [1.29, 1.82) is 0 Å². The van der Waals surface area contributed by atoms with Crippen molar-refractivity contribution in [2.24, 2.45) is 5.73 Å². The molecule has 108 valence electrons. The summed E-state index contributed by atoms with van der Waals surface area (Å²) in [6.07, 6.45) is 2.18. The molecule has 2 rings (SSSR count). The third kappa shape index (κ3) is 4.84. The molecule has 0 aromatic heterocycles. The summed E-state index contributed by atoms with van der Waals surface area (Å²) < 4.78 is 5.43. The van der Waals surface area contributed by atoms with Gasteiger partial charge in [-0.1, -0.05) is 17.7 Å². The summed E-state index contributed by atoms with van der Waals surface area (Å²) in [6.45, 7) is 5.70. The summed E-state index contributed by atoms with van der Waals surface area (Å²) in [5.74, 6) is 0.767. The molecule has 0 unspecified atom stereocenters. The topological polar surface area (TPSA) is 38.5 Å². The second kappa shape index (κ2) is 7.95. The minimum atomic E-state index is 0. The van der Waals surface area contributed by atoms with Gasteiger partial charge >= 0.3 is 0 Å². The number of likely N-dealkylation sites (tertiary alicyclic amines) is 1. The molecule has 19 heavy (non-hydrogen) atoms. The van der Waals surface area contributed by atoms with Gasteiger partial charge in [-0.05, 0) is 50.6 Å². The van der Waals surface area contributed by atoms with Gasteiger partial charge in [0, 0.05) is 12.6 Å². The molecule has 1 aromatic carbocycles. The van der Waals surface area contributed by atoms with Gasteiger partial charge < -0.3 is 10.5 Å². The standard InChI is InChI=1S/C14H21ClN2O.ClH/c1-2-18-14-4-3-11(9-13(14)15)10-17-7-5-12(16)6-8-17;/h3-4,9,12H,2,5-8,10,16H2,1H3;1H. The van der Waals surface area contributed by atoms with Gasteiger partial charge in [-0.15, -0.1) is 12.4 Å². The number of rotatable bonds is 4. The van der Waals surface area contributed by atoms with Gasteiger partial charge in [-0.3, -0.25) is 4.90 Å². The van der Waals surface area contributed by atoms with Crippen LogP contribution in [0.15, 0.2) is 18.2 Å². The third-order valence-electron chi connectivity index (χ3n) is 3.33. The fourth-order valence-corrected chi connectivity index (χ4v) is 2.54. The maximum absolute atomic E-state index is 6.19. The summed E-state index contributed by atoms with van der Waals surface area (Å²) in [4.78, 5) is 2.43. The number of halogens is 2. The Labute approximate surface area is 126 Å². The molecule has 0 radical (unpaired) electrons. The van der Waals surface area contributed by atoms with Crippen LogP contribution in [0, 0.1) is 0 Å². The molecule has 1 heterocycles. The fraction of sp³-hybridized carbons (Fsp3) is 0.571. The van der Waals surface area contributed by atoms with Crippen LogP contribution in [0.4, 0.5) is 0 Å². The molecule has 1 aliphatic heterocycles. The van der Waals surface area contributed by atoms with E-state index in [4.69, 9.17) is 22.1 Å². The Kier molecular flexibility index (Phi) is 6.94. The molecule has 1 saturated heterocycles. The Hall–Kier alpha value is -0.480. The molecule has 0 aliphatic carbocycles. The van der Waals surface area contributed by atoms with Crippen LogP contribution in [-0.2, 0) is 6.54 Å². The van der Waals surface area contributed by atoms with E-state index in [-0.39, 0.29) is 12.4 Å². The van der Waals surface area contributed by atoms with Gasteiger partial charge in [0.05, 0.1) is 11.6 Å². The molecule has 1 fully saturated rings. The second-order valence-electron chi connectivity index (χ2n) is 4.81. The van der Waals surface area contributed by atoms with Crippen LogP contribution >= 0.6 is 24.0 Å². The SMILES string of the molecule is CCOc1ccc(CN2CCC(N)CC2)cc1Cl.Cl. The monoisotopic (exact) mass is 304 g/mol. The predicted octanol–water partition coefficient (Wildman–Crippen LogP) is 3.08. The average molecular weight is 305 g/mol. The van der Waals surface area contributed by atoms with Crippen molar-refractivity contribution in [3.8, 4) is 5.75 Å². The Bertz CT molecular complexity index is 393. The van der Waals surface area contributed by atoms with Gasteiger partial charge in [0.2, 0.25) is 0 Å². The van der Waals surface area contributed by atoms with Gasteiger partial charge in [0.15, 0.2) is 0 Å².